The summed E-state index contributed by atoms with van der Waals surface area (Å²) in [5, 5.41) is 8.48. The fraction of sp³-hybridized carbons (Fsp3) is 0.778. The van der Waals surface area contributed by atoms with Crippen molar-refractivity contribution in [2.45, 2.75) is 25.8 Å². The Hall–Kier alpha value is -0.750. The topological polar surface area (TPSA) is 89.6 Å². The van der Waals surface area contributed by atoms with Gasteiger partial charge in [-0.2, -0.15) is 11.8 Å². The maximum atomic E-state index is 10.9. The van der Waals surface area contributed by atoms with Crippen LogP contribution >= 0.6 is 11.8 Å². The van der Waals surface area contributed by atoms with Crippen molar-refractivity contribution < 1.29 is 19.4 Å². The summed E-state index contributed by atoms with van der Waals surface area (Å²) in [4.78, 5) is 21.2. The molecule has 0 heterocycles. The largest absolute Gasteiger partial charge is 0.480 e. The molecule has 0 aliphatic heterocycles. The van der Waals surface area contributed by atoms with Gasteiger partial charge in [-0.05, 0) is 19.1 Å². The third kappa shape index (κ3) is 8.26. The van der Waals surface area contributed by atoms with Crippen molar-refractivity contribution in [2.75, 3.05) is 18.1 Å². The van der Waals surface area contributed by atoms with Gasteiger partial charge in [0.1, 0.15) is 6.04 Å². The number of thioether (sulfide) groups is 1. The van der Waals surface area contributed by atoms with E-state index >= 15 is 0 Å². The Morgan fingerprint density at radius 1 is 1.53 bits per heavy atom. The summed E-state index contributed by atoms with van der Waals surface area (Å²) < 4.78 is 4.74. The molecule has 3 N–H and O–H groups in total. The van der Waals surface area contributed by atoms with E-state index in [0.29, 0.717) is 25.2 Å². The van der Waals surface area contributed by atoms with Crippen LogP contribution in [0.5, 0.6) is 0 Å². The summed E-state index contributed by atoms with van der Waals surface area (Å²) in [5.74, 6) is -0.105. The molecule has 0 unspecified atom stereocenters. The first-order chi connectivity index (χ1) is 7.07. The Labute approximate surface area is 93.4 Å². The maximum Gasteiger partial charge on any atom is 0.321 e. The molecule has 5 nitrogen and oxygen atoms in total. The van der Waals surface area contributed by atoms with E-state index < -0.39 is 12.0 Å². The number of carbonyl (C=O) groups is 2. The van der Waals surface area contributed by atoms with Gasteiger partial charge >= 0.3 is 11.9 Å². The lowest BCUT2D eigenvalue weighted by Crippen LogP contribution is -2.32. The van der Waals surface area contributed by atoms with Crippen molar-refractivity contribution >= 4 is 23.7 Å². The minimum absolute atomic E-state index is 0.208. The van der Waals surface area contributed by atoms with Crippen molar-refractivity contribution in [3.8, 4) is 0 Å². The number of esters is 1. The van der Waals surface area contributed by atoms with Gasteiger partial charge in [-0.3, -0.25) is 9.59 Å². The molecule has 15 heavy (non-hydrogen) atoms. The number of ether oxygens (including phenoxy) is 1. The van der Waals surface area contributed by atoms with E-state index in [4.69, 9.17) is 15.6 Å². The monoisotopic (exact) mass is 235 g/mol. The number of nitrogens with two attached hydrogens (primary N) is 1. The van der Waals surface area contributed by atoms with Crippen molar-refractivity contribution in [1.29, 1.82) is 0 Å². The fourth-order valence-corrected chi connectivity index (χ4v) is 1.74. The zero-order chi connectivity index (χ0) is 11.7. The lowest BCUT2D eigenvalue weighted by atomic mass is 10.3. The number of carboxylic acids is 1. The van der Waals surface area contributed by atoms with E-state index in [1.807, 2.05) is 0 Å². The molecule has 0 aliphatic rings. The lowest BCUT2D eigenvalue weighted by molar-refractivity contribution is -0.143. The SMILES string of the molecule is CCOC(=O)CCCSC[C@@H](N)C(=O)O. The molecule has 0 radical (unpaired) electrons. The van der Waals surface area contributed by atoms with Crippen LogP contribution in [-0.2, 0) is 14.3 Å². The van der Waals surface area contributed by atoms with Crippen LogP contribution in [0.25, 0.3) is 0 Å². The van der Waals surface area contributed by atoms with Gasteiger partial charge < -0.3 is 15.6 Å². The van der Waals surface area contributed by atoms with Crippen LogP contribution < -0.4 is 5.73 Å². The van der Waals surface area contributed by atoms with E-state index in [9.17, 15) is 9.59 Å². The third-order valence-electron chi connectivity index (χ3n) is 1.59. The van der Waals surface area contributed by atoms with Gasteiger partial charge in [0.25, 0.3) is 0 Å². The highest BCUT2D eigenvalue weighted by molar-refractivity contribution is 7.99. The summed E-state index contributed by atoms with van der Waals surface area (Å²) >= 11 is 1.44. The zero-order valence-electron chi connectivity index (χ0n) is 8.77. The second kappa shape index (κ2) is 8.55. The summed E-state index contributed by atoms with van der Waals surface area (Å²) in [6.07, 6.45) is 1.07. The van der Waals surface area contributed by atoms with E-state index in [2.05, 4.69) is 0 Å². The molecule has 0 rings (SSSR count). The smallest absolute Gasteiger partial charge is 0.321 e. The lowest BCUT2D eigenvalue weighted by Gasteiger charge is -2.05. The van der Waals surface area contributed by atoms with Gasteiger partial charge in [0.2, 0.25) is 0 Å². The summed E-state index contributed by atoms with van der Waals surface area (Å²) in [6.45, 7) is 2.16. The number of carboxylic acid groups (broad SMARTS) is 1. The number of carbonyl (C=O) groups excluding carboxylic acids is 1. The van der Waals surface area contributed by atoms with Crippen LogP contribution in [0.1, 0.15) is 19.8 Å². The Kier molecular flexibility index (Phi) is 8.12. The minimum atomic E-state index is -0.993. The second-order valence-corrected chi connectivity index (χ2v) is 4.08. The number of rotatable bonds is 8. The van der Waals surface area contributed by atoms with Gasteiger partial charge in [0, 0.05) is 12.2 Å². The molecule has 0 fully saturated rings. The van der Waals surface area contributed by atoms with Crippen molar-refractivity contribution in [2.24, 2.45) is 5.73 Å². The zero-order valence-corrected chi connectivity index (χ0v) is 9.59. The van der Waals surface area contributed by atoms with Crippen molar-refractivity contribution in [3.05, 3.63) is 0 Å². The molecule has 6 heteroatoms. The minimum Gasteiger partial charge on any atom is -0.480 e. The quantitative estimate of drug-likeness (QED) is 0.469. The fourth-order valence-electron chi connectivity index (χ4n) is 0.833. The van der Waals surface area contributed by atoms with Crippen LogP contribution in [0, 0.1) is 0 Å². The van der Waals surface area contributed by atoms with E-state index in [1.54, 1.807) is 6.92 Å². The molecule has 0 aromatic heterocycles. The van der Waals surface area contributed by atoms with Crippen molar-refractivity contribution in [1.82, 2.24) is 0 Å². The highest BCUT2D eigenvalue weighted by atomic mass is 32.2. The predicted molar refractivity (Wildman–Crippen MR) is 58.8 cm³/mol. The van der Waals surface area contributed by atoms with Crippen LogP contribution in [0.4, 0.5) is 0 Å². The molecule has 0 spiro atoms. The van der Waals surface area contributed by atoms with E-state index in [1.165, 1.54) is 11.8 Å². The molecule has 0 amide bonds. The average molecular weight is 235 g/mol. The van der Waals surface area contributed by atoms with Crippen LogP contribution in [0.15, 0.2) is 0 Å². The van der Waals surface area contributed by atoms with Gasteiger partial charge in [0.05, 0.1) is 6.61 Å². The highest BCUT2D eigenvalue weighted by Crippen LogP contribution is 2.06. The van der Waals surface area contributed by atoms with E-state index in [-0.39, 0.29) is 5.97 Å². The molecule has 0 aliphatic carbocycles. The Morgan fingerprint density at radius 2 is 2.20 bits per heavy atom. The molecule has 0 bridgehead atoms. The Morgan fingerprint density at radius 3 is 2.73 bits per heavy atom. The van der Waals surface area contributed by atoms with Crippen LogP contribution in [0.2, 0.25) is 0 Å². The first kappa shape index (κ1) is 14.2. The average Bonchev–Trinajstić information content (AvgIpc) is 2.17. The van der Waals surface area contributed by atoms with E-state index in [0.717, 1.165) is 5.75 Å². The maximum absolute atomic E-state index is 10.9. The number of aliphatic carboxylic acids is 1. The van der Waals surface area contributed by atoms with Gasteiger partial charge in [-0.15, -0.1) is 0 Å². The Balaban J connectivity index is 3.32. The molecular weight excluding hydrogens is 218 g/mol. The molecule has 0 saturated carbocycles. The first-order valence-electron chi connectivity index (χ1n) is 4.79. The van der Waals surface area contributed by atoms with Crippen LogP contribution in [-0.4, -0.2) is 41.2 Å². The Bertz CT molecular complexity index is 210. The summed E-state index contributed by atoms with van der Waals surface area (Å²) in [6, 6.07) is -0.822. The molecule has 1 atom stereocenters. The standard InChI is InChI=1S/C9H17NO4S/c1-2-14-8(11)4-3-5-15-6-7(10)9(12)13/h7H,2-6,10H2,1H3,(H,12,13)/t7-/m1/s1. The summed E-state index contributed by atoms with van der Waals surface area (Å²) in [5.41, 5.74) is 5.29. The van der Waals surface area contributed by atoms with Gasteiger partial charge in [0.15, 0.2) is 0 Å². The summed E-state index contributed by atoms with van der Waals surface area (Å²) in [7, 11) is 0. The van der Waals surface area contributed by atoms with Gasteiger partial charge in [-0.1, -0.05) is 0 Å². The molecular formula is C9H17NO4S. The molecule has 0 aromatic carbocycles. The molecule has 0 saturated heterocycles. The van der Waals surface area contributed by atoms with Gasteiger partial charge in [-0.25, -0.2) is 0 Å². The highest BCUT2D eigenvalue weighted by Gasteiger charge is 2.10. The van der Waals surface area contributed by atoms with Crippen molar-refractivity contribution in [3.63, 3.8) is 0 Å². The normalized spacial score (nSPS) is 12.1. The predicted octanol–water partition coefficient (Wildman–Crippen LogP) is 0.475. The number of hydrogen-bond acceptors (Lipinski definition) is 5. The first-order valence-corrected chi connectivity index (χ1v) is 5.95. The number of hydrogen-bond donors (Lipinski definition) is 2. The second-order valence-electron chi connectivity index (χ2n) is 2.93. The molecule has 88 valence electrons. The molecule has 0 aromatic rings. The third-order valence-corrected chi connectivity index (χ3v) is 2.76. The van der Waals surface area contributed by atoms with Crippen LogP contribution in [0.3, 0.4) is 0 Å².